The number of rotatable bonds is 8. The van der Waals surface area contributed by atoms with Gasteiger partial charge in [-0.3, -0.25) is 9.79 Å². The molecule has 1 amide bonds. The number of guanidine groups is 1. The van der Waals surface area contributed by atoms with Gasteiger partial charge in [0.25, 0.3) is 0 Å². The van der Waals surface area contributed by atoms with Gasteiger partial charge in [0, 0.05) is 38.1 Å². The third-order valence-electron chi connectivity index (χ3n) is 4.64. The van der Waals surface area contributed by atoms with Crippen LogP contribution < -0.4 is 16.0 Å². The first-order chi connectivity index (χ1) is 12.6. The van der Waals surface area contributed by atoms with Crippen LogP contribution in [0.25, 0.3) is 0 Å². The van der Waals surface area contributed by atoms with Crippen molar-refractivity contribution >= 4 is 11.9 Å². The van der Waals surface area contributed by atoms with Gasteiger partial charge in [-0.2, -0.15) is 0 Å². The molecule has 1 aromatic heterocycles. The highest BCUT2D eigenvalue weighted by molar-refractivity contribution is 5.81. The maximum Gasteiger partial charge on any atom is 0.223 e. The van der Waals surface area contributed by atoms with Gasteiger partial charge >= 0.3 is 0 Å². The van der Waals surface area contributed by atoms with E-state index in [9.17, 15) is 4.79 Å². The van der Waals surface area contributed by atoms with Gasteiger partial charge in [0.2, 0.25) is 5.91 Å². The summed E-state index contributed by atoms with van der Waals surface area (Å²) < 4.78 is 1.98. The Balaban J connectivity index is 1.67. The molecule has 1 heterocycles. The number of nitrogens with zero attached hydrogens (tertiary/aromatic N) is 4. The van der Waals surface area contributed by atoms with Gasteiger partial charge in [-0.15, -0.1) is 10.2 Å². The molecule has 0 radical (unpaired) electrons. The van der Waals surface area contributed by atoms with Crippen molar-refractivity contribution in [1.82, 2.24) is 30.7 Å². The van der Waals surface area contributed by atoms with E-state index >= 15 is 0 Å². The van der Waals surface area contributed by atoms with Crippen LogP contribution in [0.2, 0.25) is 0 Å². The summed E-state index contributed by atoms with van der Waals surface area (Å²) in [5, 5.41) is 17.5. The molecular formula is C18H33N7O. The molecule has 1 aliphatic rings. The highest BCUT2D eigenvalue weighted by Crippen LogP contribution is 2.24. The smallest absolute Gasteiger partial charge is 0.223 e. The SMILES string of the molecule is CN=C(NCCCCn1cnnc1)NC1CCCC(C(=O)NC(C)C)C1. The quantitative estimate of drug-likeness (QED) is 0.368. The summed E-state index contributed by atoms with van der Waals surface area (Å²) in [6.07, 6.45) is 9.58. The minimum atomic E-state index is 0.102. The predicted molar refractivity (Wildman–Crippen MR) is 103 cm³/mol. The van der Waals surface area contributed by atoms with Crippen LogP contribution in [0.1, 0.15) is 52.4 Å². The van der Waals surface area contributed by atoms with E-state index in [1.54, 1.807) is 19.7 Å². The van der Waals surface area contributed by atoms with Crippen molar-refractivity contribution in [3.8, 4) is 0 Å². The third kappa shape index (κ3) is 7.01. The van der Waals surface area contributed by atoms with Crippen LogP contribution in [0.3, 0.4) is 0 Å². The maximum absolute atomic E-state index is 12.3. The molecule has 26 heavy (non-hydrogen) atoms. The highest BCUT2D eigenvalue weighted by Gasteiger charge is 2.27. The van der Waals surface area contributed by atoms with Gasteiger partial charge in [0.05, 0.1) is 0 Å². The zero-order valence-electron chi connectivity index (χ0n) is 16.2. The largest absolute Gasteiger partial charge is 0.356 e. The normalized spacial score (nSPS) is 20.8. The molecule has 2 rings (SSSR count). The van der Waals surface area contributed by atoms with Crippen molar-refractivity contribution in [3.05, 3.63) is 12.7 Å². The number of amides is 1. The van der Waals surface area contributed by atoms with E-state index < -0.39 is 0 Å². The first-order valence-corrected chi connectivity index (χ1v) is 9.68. The second-order valence-corrected chi connectivity index (χ2v) is 7.27. The van der Waals surface area contributed by atoms with Crippen molar-refractivity contribution in [1.29, 1.82) is 0 Å². The van der Waals surface area contributed by atoms with Gasteiger partial charge in [0.15, 0.2) is 5.96 Å². The average Bonchev–Trinajstić information content (AvgIpc) is 3.13. The minimum absolute atomic E-state index is 0.102. The van der Waals surface area contributed by atoms with Gasteiger partial charge in [-0.25, -0.2) is 0 Å². The van der Waals surface area contributed by atoms with Crippen molar-refractivity contribution in [3.63, 3.8) is 0 Å². The Labute approximate surface area is 156 Å². The van der Waals surface area contributed by atoms with E-state index in [1.165, 1.54) is 0 Å². The van der Waals surface area contributed by atoms with Gasteiger partial charge in [-0.05, 0) is 46.0 Å². The summed E-state index contributed by atoms with van der Waals surface area (Å²) in [5.41, 5.74) is 0. The molecule has 1 aromatic rings. The van der Waals surface area contributed by atoms with Crippen LogP contribution in [-0.2, 0) is 11.3 Å². The highest BCUT2D eigenvalue weighted by atomic mass is 16.1. The summed E-state index contributed by atoms with van der Waals surface area (Å²) in [7, 11) is 1.79. The van der Waals surface area contributed by atoms with E-state index in [0.29, 0.717) is 6.04 Å². The molecule has 1 saturated carbocycles. The first kappa shape index (κ1) is 20.2. The molecule has 0 aromatic carbocycles. The van der Waals surface area contributed by atoms with Crippen LogP contribution in [0, 0.1) is 5.92 Å². The van der Waals surface area contributed by atoms with Crippen molar-refractivity contribution in [2.45, 2.75) is 71.0 Å². The number of aryl methyl sites for hydroxylation is 1. The Hall–Kier alpha value is -2.12. The van der Waals surface area contributed by atoms with Crippen LogP contribution in [0.5, 0.6) is 0 Å². The fourth-order valence-electron chi connectivity index (χ4n) is 3.31. The van der Waals surface area contributed by atoms with E-state index in [-0.39, 0.29) is 17.9 Å². The molecule has 8 nitrogen and oxygen atoms in total. The van der Waals surface area contributed by atoms with Crippen LogP contribution in [0.15, 0.2) is 17.6 Å². The topological polar surface area (TPSA) is 96.2 Å². The summed E-state index contributed by atoms with van der Waals surface area (Å²) in [6.45, 7) is 5.80. The Morgan fingerprint density at radius 2 is 2.04 bits per heavy atom. The number of nitrogens with one attached hydrogen (secondary N) is 3. The monoisotopic (exact) mass is 363 g/mol. The molecule has 2 atom stereocenters. The van der Waals surface area contributed by atoms with E-state index in [0.717, 1.165) is 57.6 Å². The lowest BCUT2D eigenvalue weighted by Crippen LogP contribution is -2.47. The Bertz CT molecular complexity index is 556. The zero-order chi connectivity index (χ0) is 18.8. The Morgan fingerprint density at radius 1 is 1.27 bits per heavy atom. The van der Waals surface area contributed by atoms with E-state index in [2.05, 4.69) is 31.1 Å². The molecule has 0 spiro atoms. The van der Waals surface area contributed by atoms with E-state index in [4.69, 9.17) is 0 Å². The molecule has 1 aliphatic carbocycles. The maximum atomic E-state index is 12.3. The number of carbonyl (C=O) groups is 1. The molecule has 3 N–H and O–H groups in total. The lowest BCUT2D eigenvalue weighted by atomic mass is 9.85. The first-order valence-electron chi connectivity index (χ1n) is 9.68. The van der Waals surface area contributed by atoms with Crippen molar-refractivity contribution in [2.75, 3.05) is 13.6 Å². The molecular weight excluding hydrogens is 330 g/mol. The minimum Gasteiger partial charge on any atom is -0.356 e. The number of carbonyl (C=O) groups excluding carboxylic acids is 1. The van der Waals surface area contributed by atoms with Gasteiger partial charge < -0.3 is 20.5 Å². The number of unbranched alkanes of at least 4 members (excludes halogenated alkanes) is 1. The molecule has 146 valence electrons. The molecule has 2 unspecified atom stereocenters. The standard InChI is InChI=1S/C18H33N7O/c1-14(2)23-17(26)15-7-6-8-16(11-15)24-18(19-3)20-9-4-5-10-25-12-21-22-13-25/h12-16H,4-11H2,1-3H3,(H,23,26)(H2,19,20,24). The molecule has 8 heteroatoms. The fourth-order valence-corrected chi connectivity index (χ4v) is 3.31. The number of aliphatic imine (C=N–C) groups is 1. The second-order valence-electron chi connectivity index (χ2n) is 7.27. The van der Waals surface area contributed by atoms with Crippen molar-refractivity contribution in [2.24, 2.45) is 10.9 Å². The van der Waals surface area contributed by atoms with Gasteiger partial charge in [0.1, 0.15) is 12.7 Å². The summed E-state index contributed by atoms with van der Waals surface area (Å²) in [5.74, 6) is 1.11. The van der Waals surface area contributed by atoms with Crippen molar-refractivity contribution < 1.29 is 4.79 Å². The predicted octanol–water partition coefficient (Wildman–Crippen LogP) is 1.31. The lowest BCUT2D eigenvalue weighted by Gasteiger charge is -2.30. The van der Waals surface area contributed by atoms with Crippen LogP contribution in [-0.4, -0.2) is 52.3 Å². The molecule has 0 bridgehead atoms. The molecule has 0 saturated heterocycles. The fraction of sp³-hybridized carbons (Fsp3) is 0.778. The lowest BCUT2D eigenvalue weighted by molar-refractivity contribution is -0.126. The summed E-state index contributed by atoms with van der Waals surface area (Å²) in [4.78, 5) is 16.6. The Kier molecular flexibility index (Phi) is 8.37. The third-order valence-corrected chi connectivity index (χ3v) is 4.64. The zero-order valence-corrected chi connectivity index (χ0v) is 16.2. The summed E-state index contributed by atoms with van der Waals surface area (Å²) >= 11 is 0. The van der Waals surface area contributed by atoms with Gasteiger partial charge in [-0.1, -0.05) is 6.42 Å². The molecule has 1 fully saturated rings. The number of hydrogen-bond donors (Lipinski definition) is 3. The average molecular weight is 364 g/mol. The van der Waals surface area contributed by atoms with Crippen LogP contribution >= 0.6 is 0 Å². The second kappa shape index (κ2) is 10.8. The summed E-state index contributed by atoms with van der Waals surface area (Å²) in [6, 6.07) is 0.498. The molecule has 0 aliphatic heterocycles. The van der Waals surface area contributed by atoms with Crippen LogP contribution in [0.4, 0.5) is 0 Å². The van der Waals surface area contributed by atoms with E-state index in [1.807, 2.05) is 18.4 Å². The number of hydrogen-bond acceptors (Lipinski definition) is 4. The Morgan fingerprint density at radius 3 is 2.73 bits per heavy atom. The number of aromatic nitrogens is 3.